The van der Waals surface area contributed by atoms with Crippen molar-refractivity contribution in [3.8, 4) is 0 Å². The monoisotopic (exact) mass is 308 g/mol. The second-order valence-corrected chi connectivity index (χ2v) is 8.19. The first-order valence-electron chi connectivity index (χ1n) is 7.89. The minimum absolute atomic E-state index is 0.177. The number of anilines is 1. The summed E-state index contributed by atoms with van der Waals surface area (Å²) < 4.78 is 27.9. The average molecular weight is 308 g/mol. The minimum Gasteiger partial charge on any atom is -0.398 e. The molecule has 1 aliphatic carbocycles. The molecule has 2 N–H and O–H groups in total. The second kappa shape index (κ2) is 5.61. The molecular formula is C16H24N2O2S. The van der Waals surface area contributed by atoms with Gasteiger partial charge in [-0.1, -0.05) is 25.0 Å². The Kier molecular flexibility index (Phi) is 3.97. The molecule has 4 nitrogen and oxygen atoms in total. The van der Waals surface area contributed by atoms with Gasteiger partial charge in [0.2, 0.25) is 10.0 Å². The number of nitrogens with two attached hydrogens (primary N) is 1. The zero-order valence-corrected chi connectivity index (χ0v) is 13.4. The first-order valence-corrected chi connectivity index (χ1v) is 9.33. The summed E-state index contributed by atoms with van der Waals surface area (Å²) in [5, 5.41) is 0. The van der Waals surface area contributed by atoms with Gasteiger partial charge in [-0.05, 0) is 50.2 Å². The third-order valence-electron chi connectivity index (χ3n) is 5.00. The molecule has 0 spiro atoms. The average Bonchev–Trinajstić information content (AvgIpc) is 3.09. The quantitative estimate of drug-likeness (QED) is 0.873. The molecule has 1 saturated heterocycles. The molecule has 116 valence electrons. The maximum atomic E-state index is 13.1. The molecule has 5 heteroatoms. The number of sulfonamides is 1. The van der Waals surface area contributed by atoms with E-state index >= 15 is 0 Å². The van der Waals surface area contributed by atoms with Gasteiger partial charge in [-0.15, -0.1) is 0 Å². The number of benzene rings is 1. The van der Waals surface area contributed by atoms with E-state index in [1.54, 1.807) is 10.4 Å². The zero-order valence-electron chi connectivity index (χ0n) is 12.6. The lowest BCUT2D eigenvalue weighted by molar-refractivity contribution is 0.288. The Bertz CT molecular complexity index is 601. The van der Waals surface area contributed by atoms with Crippen LogP contribution in [0, 0.1) is 12.8 Å². The van der Waals surface area contributed by atoms with E-state index in [1.165, 1.54) is 25.7 Å². The van der Waals surface area contributed by atoms with Gasteiger partial charge in [-0.25, -0.2) is 8.42 Å². The van der Waals surface area contributed by atoms with E-state index < -0.39 is 10.0 Å². The highest BCUT2D eigenvalue weighted by molar-refractivity contribution is 7.89. The third kappa shape index (κ3) is 2.57. The summed E-state index contributed by atoms with van der Waals surface area (Å²) in [5.74, 6) is 0.535. The smallest absolute Gasteiger partial charge is 0.245 e. The van der Waals surface area contributed by atoms with E-state index in [4.69, 9.17) is 5.73 Å². The Morgan fingerprint density at radius 2 is 1.86 bits per heavy atom. The van der Waals surface area contributed by atoms with Crippen LogP contribution in [0.2, 0.25) is 0 Å². The van der Waals surface area contributed by atoms with Crippen LogP contribution in [-0.4, -0.2) is 25.3 Å². The minimum atomic E-state index is -3.48. The molecule has 0 bridgehead atoms. The molecule has 1 heterocycles. The van der Waals surface area contributed by atoms with Crippen LogP contribution in [0.15, 0.2) is 23.1 Å². The lowest BCUT2D eigenvalue weighted by Gasteiger charge is -2.29. The number of rotatable bonds is 3. The molecule has 2 fully saturated rings. The normalized spacial score (nSPS) is 24.7. The molecule has 2 aliphatic rings. The predicted octanol–water partition coefficient (Wildman–Crippen LogP) is 2.92. The van der Waals surface area contributed by atoms with E-state index in [-0.39, 0.29) is 6.04 Å². The van der Waals surface area contributed by atoms with Crippen molar-refractivity contribution in [2.75, 3.05) is 12.3 Å². The lowest BCUT2D eigenvalue weighted by Crippen LogP contribution is -2.39. The number of hydrogen-bond acceptors (Lipinski definition) is 3. The molecular weight excluding hydrogens is 284 g/mol. The molecule has 1 saturated carbocycles. The van der Waals surface area contributed by atoms with Crippen molar-refractivity contribution in [2.45, 2.75) is 56.4 Å². The Morgan fingerprint density at radius 1 is 1.14 bits per heavy atom. The summed E-state index contributed by atoms with van der Waals surface area (Å²) in [4.78, 5) is 0.315. The van der Waals surface area contributed by atoms with Gasteiger partial charge in [0.15, 0.2) is 0 Å². The van der Waals surface area contributed by atoms with Crippen molar-refractivity contribution < 1.29 is 8.42 Å². The second-order valence-electron chi connectivity index (χ2n) is 6.36. The van der Waals surface area contributed by atoms with E-state index in [9.17, 15) is 8.42 Å². The highest BCUT2D eigenvalue weighted by atomic mass is 32.2. The van der Waals surface area contributed by atoms with Crippen LogP contribution in [0.5, 0.6) is 0 Å². The SMILES string of the molecule is Cc1cccc(N)c1S(=O)(=O)N1CCCC1C1CCCC1. The standard InChI is InChI=1S/C16H24N2O2S/c1-12-6-4-9-14(17)16(12)21(19,20)18-11-5-10-15(18)13-7-2-3-8-13/h4,6,9,13,15H,2-3,5,7-8,10-11,17H2,1H3. The molecule has 0 amide bonds. The van der Waals surface area contributed by atoms with Crippen LogP contribution in [-0.2, 0) is 10.0 Å². The summed E-state index contributed by atoms with van der Waals surface area (Å²) in [5.41, 5.74) is 7.08. The largest absolute Gasteiger partial charge is 0.398 e. The summed E-state index contributed by atoms with van der Waals surface area (Å²) in [6, 6.07) is 5.49. The number of aryl methyl sites for hydroxylation is 1. The van der Waals surface area contributed by atoms with Crippen molar-refractivity contribution in [2.24, 2.45) is 5.92 Å². The number of nitrogen functional groups attached to an aromatic ring is 1. The summed E-state index contributed by atoms with van der Waals surface area (Å²) in [6.45, 7) is 2.46. The molecule has 0 aromatic heterocycles. The van der Waals surface area contributed by atoms with Crippen LogP contribution < -0.4 is 5.73 Å². The lowest BCUT2D eigenvalue weighted by atomic mass is 9.97. The van der Waals surface area contributed by atoms with Crippen LogP contribution in [0.3, 0.4) is 0 Å². The van der Waals surface area contributed by atoms with Gasteiger partial charge in [0.1, 0.15) is 4.90 Å². The van der Waals surface area contributed by atoms with Gasteiger partial charge in [0.25, 0.3) is 0 Å². The van der Waals surface area contributed by atoms with E-state index in [2.05, 4.69) is 0 Å². The molecule has 21 heavy (non-hydrogen) atoms. The van der Waals surface area contributed by atoms with Crippen LogP contribution >= 0.6 is 0 Å². The highest BCUT2D eigenvalue weighted by Crippen LogP contribution is 2.39. The summed E-state index contributed by atoms with van der Waals surface area (Å²) in [6.07, 6.45) is 6.77. The first kappa shape index (κ1) is 14.9. The van der Waals surface area contributed by atoms with Gasteiger partial charge in [0.05, 0.1) is 5.69 Å². The van der Waals surface area contributed by atoms with Gasteiger partial charge in [-0.3, -0.25) is 0 Å². The topological polar surface area (TPSA) is 63.4 Å². The fraction of sp³-hybridized carbons (Fsp3) is 0.625. The van der Waals surface area contributed by atoms with Gasteiger partial charge in [0, 0.05) is 12.6 Å². The Morgan fingerprint density at radius 3 is 2.52 bits per heavy atom. The van der Waals surface area contributed by atoms with E-state index in [1.807, 2.05) is 19.1 Å². The molecule has 1 aromatic rings. The van der Waals surface area contributed by atoms with Gasteiger partial charge < -0.3 is 5.73 Å². The van der Waals surface area contributed by atoms with Gasteiger partial charge >= 0.3 is 0 Å². The Hall–Kier alpha value is -1.07. The van der Waals surface area contributed by atoms with Crippen molar-refractivity contribution in [1.29, 1.82) is 0 Å². The van der Waals surface area contributed by atoms with Crippen LogP contribution in [0.1, 0.15) is 44.1 Å². The Labute approximate surface area is 127 Å². The third-order valence-corrected chi connectivity index (χ3v) is 7.15. The molecule has 3 rings (SSSR count). The van der Waals surface area contributed by atoms with Crippen molar-refractivity contribution in [1.82, 2.24) is 4.31 Å². The predicted molar refractivity (Wildman–Crippen MR) is 84.5 cm³/mol. The van der Waals surface area contributed by atoms with Crippen molar-refractivity contribution in [3.63, 3.8) is 0 Å². The van der Waals surface area contributed by atoms with E-state index in [0.717, 1.165) is 18.4 Å². The Balaban J connectivity index is 1.97. The van der Waals surface area contributed by atoms with Crippen LogP contribution in [0.25, 0.3) is 0 Å². The van der Waals surface area contributed by atoms with Gasteiger partial charge in [-0.2, -0.15) is 4.31 Å². The summed E-state index contributed by atoms with van der Waals surface area (Å²) >= 11 is 0. The number of nitrogens with zero attached hydrogens (tertiary/aromatic N) is 1. The first-order chi connectivity index (χ1) is 10.0. The summed E-state index contributed by atoms with van der Waals surface area (Å²) in [7, 11) is -3.48. The molecule has 0 radical (unpaired) electrons. The molecule has 1 atom stereocenters. The number of hydrogen-bond donors (Lipinski definition) is 1. The highest BCUT2D eigenvalue weighted by Gasteiger charge is 2.41. The maximum absolute atomic E-state index is 13.1. The fourth-order valence-corrected chi connectivity index (χ4v) is 6.10. The van der Waals surface area contributed by atoms with E-state index in [0.29, 0.717) is 23.0 Å². The molecule has 1 aliphatic heterocycles. The van der Waals surface area contributed by atoms with Crippen molar-refractivity contribution in [3.05, 3.63) is 23.8 Å². The maximum Gasteiger partial charge on any atom is 0.245 e. The van der Waals surface area contributed by atoms with Crippen LogP contribution in [0.4, 0.5) is 5.69 Å². The van der Waals surface area contributed by atoms with Crippen molar-refractivity contribution >= 4 is 15.7 Å². The zero-order chi connectivity index (χ0) is 15.0. The fourth-order valence-electron chi connectivity index (χ4n) is 4.02. The molecule has 1 aromatic carbocycles. The molecule has 1 unspecified atom stereocenters.